The van der Waals surface area contributed by atoms with Crippen LogP contribution in [-0.4, -0.2) is 41.4 Å². The molecule has 1 fully saturated rings. The zero-order chi connectivity index (χ0) is 21.8. The van der Waals surface area contributed by atoms with Crippen LogP contribution in [0.1, 0.15) is 11.1 Å². The van der Waals surface area contributed by atoms with E-state index in [4.69, 9.17) is 17.0 Å². The summed E-state index contributed by atoms with van der Waals surface area (Å²) < 4.78 is 6.14. The zero-order valence-electron chi connectivity index (χ0n) is 16.2. The van der Waals surface area contributed by atoms with Crippen molar-refractivity contribution in [2.75, 3.05) is 19.0 Å². The van der Waals surface area contributed by atoms with Crippen molar-refractivity contribution in [3.05, 3.63) is 63.6 Å². The van der Waals surface area contributed by atoms with Crippen LogP contribution >= 0.6 is 28.1 Å². The number of halogens is 1. The zero-order valence-corrected chi connectivity index (χ0v) is 18.6. The molecule has 7 nitrogen and oxygen atoms in total. The summed E-state index contributed by atoms with van der Waals surface area (Å²) in [6, 6.07) is 12.5. The Bertz CT molecular complexity index is 1070. The summed E-state index contributed by atoms with van der Waals surface area (Å²) in [5.74, 6) is -0.866. The fourth-order valence-electron chi connectivity index (χ4n) is 2.61. The second kappa shape index (κ2) is 9.19. The first-order valence-corrected chi connectivity index (χ1v) is 10.1. The predicted molar refractivity (Wildman–Crippen MR) is 121 cm³/mol. The Balaban J connectivity index is 1.66. The molecule has 0 atom stereocenters. The van der Waals surface area contributed by atoms with Gasteiger partial charge < -0.3 is 10.1 Å². The number of thiocarbonyl (C=S) groups is 1. The highest BCUT2D eigenvalue weighted by Gasteiger charge is 2.30. The molecule has 2 aromatic carbocycles. The molecule has 0 aliphatic carbocycles. The molecule has 154 valence electrons. The smallest absolute Gasteiger partial charge is 0.265 e. The first-order valence-electron chi connectivity index (χ1n) is 8.88. The molecular weight excluding hydrogens is 470 g/mol. The van der Waals surface area contributed by atoms with Crippen molar-refractivity contribution >= 4 is 62.7 Å². The first kappa shape index (κ1) is 21.7. The Morgan fingerprint density at radius 2 is 1.93 bits per heavy atom. The minimum absolute atomic E-state index is 0.0239. The van der Waals surface area contributed by atoms with E-state index in [0.717, 1.165) is 5.56 Å². The Morgan fingerprint density at radius 3 is 2.60 bits per heavy atom. The molecule has 3 amide bonds. The molecule has 1 saturated heterocycles. The van der Waals surface area contributed by atoms with Crippen LogP contribution in [0.15, 0.2) is 52.5 Å². The number of anilines is 1. The Morgan fingerprint density at radius 1 is 1.23 bits per heavy atom. The van der Waals surface area contributed by atoms with Crippen LogP contribution in [0.25, 0.3) is 6.08 Å². The van der Waals surface area contributed by atoms with Gasteiger partial charge in [-0.1, -0.05) is 23.8 Å². The lowest BCUT2D eigenvalue weighted by Gasteiger charge is -2.25. The Hall–Kier alpha value is -3.04. The van der Waals surface area contributed by atoms with Crippen LogP contribution in [0.5, 0.6) is 5.75 Å². The highest BCUT2D eigenvalue weighted by molar-refractivity contribution is 9.10. The molecule has 2 aromatic rings. The van der Waals surface area contributed by atoms with Gasteiger partial charge in [0.15, 0.2) is 11.7 Å². The topological polar surface area (TPSA) is 87.7 Å². The first-order chi connectivity index (χ1) is 14.2. The van der Waals surface area contributed by atoms with Crippen molar-refractivity contribution in [3.8, 4) is 5.75 Å². The molecule has 0 unspecified atom stereocenters. The summed E-state index contributed by atoms with van der Waals surface area (Å²) in [7, 11) is 1.49. The number of nitrogens with zero attached hydrogens (tertiary/aromatic N) is 1. The van der Waals surface area contributed by atoms with Crippen LogP contribution in [0.4, 0.5) is 5.69 Å². The van der Waals surface area contributed by atoms with E-state index in [9.17, 15) is 14.4 Å². The second-order valence-corrected chi connectivity index (χ2v) is 7.82. The largest absolute Gasteiger partial charge is 0.483 e. The van der Waals surface area contributed by atoms with E-state index in [1.54, 1.807) is 18.2 Å². The van der Waals surface area contributed by atoms with Crippen molar-refractivity contribution in [3.63, 3.8) is 0 Å². The van der Waals surface area contributed by atoms with E-state index < -0.39 is 11.8 Å². The number of ether oxygens (including phenoxy) is 1. The SMILES string of the molecule is Cc1ccc(NC(=O)COc2ccc(/C=C3\C(=O)NC(=S)N(C)C3=O)cc2Br)cc1. The molecule has 2 N–H and O–H groups in total. The van der Waals surface area contributed by atoms with Crippen LogP contribution in [0, 0.1) is 6.92 Å². The third kappa shape index (κ3) is 5.11. The molecule has 0 spiro atoms. The van der Waals surface area contributed by atoms with Gasteiger partial charge in [-0.05, 0) is 71.0 Å². The van der Waals surface area contributed by atoms with Gasteiger partial charge in [-0.3, -0.25) is 24.6 Å². The van der Waals surface area contributed by atoms with Gasteiger partial charge in [0.2, 0.25) is 0 Å². The number of hydrogen-bond donors (Lipinski definition) is 2. The van der Waals surface area contributed by atoms with Gasteiger partial charge in [-0.25, -0.2) is 0 Å². The van der Waals surface area contributed by atoms with Gasteiger partial charge in [0.05, 0.1) is 4.47 Å². The molecule has 0 saturated carbocycles. The fourth-order valence-corrected chi connectivity index (χ4v) is 3.30. The number of nitrogens with one attached hydrogen (secondary N) is 2. The Kier molecular flexibility index (Phi) is 6.63. The monoisotopic (exact) mass is 487 g/mol. The van der Waals surface area contributed by atoms with Crippen LogP contribution in [0.2, 0.25) is 0 Å². The van der Waals surface area contributed by atoms with E-state index in [1.165, 1.54) is 18.0 Å². The summed E-state index contributed by atoms with van der Waals surface area (Å²) in [5, 5.41) is 5.28. The minimum atomic E-state index is -0.549. The number of hydrogen-bond acceptors (Lipinski definition) is 5. The van der Waals surface area contributed by atoms with Crippen molar-refractivity contribution in [1.82, 2.24) is 10.2 Å². The average molecular weight is 488 g/mol. The summed E-state index contributed by atoms with van der Waals surface area (Å²) in [4.78, 5) is 37.6. The number of carbonyl (C=O) groups excluding carboxylic acids is 3. The van der Waals surface area contributed by atoms with Gasteiger partial charge >= 0.3 is 0 Å². The van der Waals surface area contributed by atoms with Crippen molar-refractivity contribution in [2.24, 2.45) is 0 Å². The number of amides is 3. The van der Waals surface area contributed by atoms with Gasteiger partial charge in [0, 0.05) is 12.7 Å². The summed E-state index contributed by atoms with van der Waals surface area (Å²) in [5.41, 5.74) is 2.38. The highest BCUT2D eigenvalue weighted by Crippen LogP contribution is 2.27. The lowest BCUT2D eigenvalue weighted by atomic mass is 10.1. The lowest BCUT2D eigenvalue weighted by Crippen LogP contribution is -2.52. The van der Waals surface area contributed by atoms with E-state index >= 15 is 0 Å². The number of carbonyl (C=O) groups is 3. The minimum Gasteiger partial charge on any atom is -0.483 e. The van der Waals surface area contributed by atoms with Crippen LogP contribution in [-0.2, 0) is 14.4 Å². The average Bonchev–Trinajstić information content (AvgIpc) is 2.70. The van der Waals surface area contributed by atoms with Gasteiger partial charge in [0.25, 0.3) is 17.7 Å². The molecular formula is C21H18BrN3O4S. The van der Waals surface area contributed by atoms with Gasteiger partial charge in [-0.2, -0.15) is 0 Å². The lowest BCUT2D eigenvalue weighted by molar-refractivity contribution is -0.128. The fraction of sp³-hybridized carbons (Fsp3) is 0.143. The third-order valence-corrected chi connectivity index (χ3v) is 5.26. The number of aryl methyl sites for hydroxylation is 1. The van der Waals surface area contributed by atoms with Gasteiger partial charge in [-0.15, -0.1) is 0 Å². The van der Waals surface area contributed by atoms with E-state index in [0.29, 0.717) is 21.5 Å². The summed E-state index contributed by atoms with van der Waals surface area (Å²) in [6.07, 6.45) is 1.47. The van der Waals surface area contributed by atoms with Crippen molar-refractivity contribution in [1.29, 1.82) is 0 Å². The molecule has 0 aromatic heterocycles. The highest BCUT2D eigenvalue weighted by atomic mass is 79.9. The van der Waals surface area contributed by atoms with E-state index in [2.05, 4.69) is 26.6 Å². The predicted octanol–water partition coefficient (Wildman–Crippen LogP) is 3.03. The molecule has 3 rings (SSSR count). The maximum Gasteiger partial charge on any atom is 0.265 e. The molecule has 0 bridgehead atoms. The second-order valence-electron chi connectivity index (χ2n) is 6.57. The standard InChI is InChI=1S/C21H18BrN3O4S/c1-12-3-6-14(7-4-12)23-18(26)11-29-17-8-5-13(10-16(17)22)9-15-19(27)24-21(30)25(2)20(15)28/h3-10H,11H2,1-2H3,(H,23,26)(H,24,27,30)/b15-9+. The summed E-state index contributed by atoms with van der Waals surface area (Å²) >= 11 is 8.31. The number of benzene rings is 2. The van der Waals surface area contributed by atoms with E-state index in [1.807, 2.05) is 31.2 Å². The molecule has 30 heavy (non-hydrogen) atoms. The quantitative estimate of drug-likeness (QED) is 0.384. The Labute approximate surface area is 187 Å². The van der Waals surface area contributed by atoms with Crippen molar-refractivity contribution < 1.29 is 19.1 Å². The molecule has 9 heteroatoms. The maximum atomic E-state index is 12.3. The maximum absolute atomic E-state index is 12.3. The van der Waals surface area contributed by atoms with Crippen LogP contribution < -0.4 is 15.4 Å². The van der Waals surface area contributed by atoms with Gasteiger partial charge in [0.1, 0.15) is 11.3 Å². The van der Waals surface area contributed by atoms with Crippen molar-refractivity contribution in [2.45, 2.75) is 6.92 Å². The molecule has 0 radical (unpaired) electrons. The third-order valence-electron chi connectivity index (χ3n) is 4.27. The normalized spacial score (nSPS) is 15.2. The van der Waals surface area contributed by atoms with E-state index in [-0.39, 0.29) is 23.2 Å². The van der Waals surface area contributed by atoms with Crippen LogP contribution in [0.3, 0.4) is 0 Å². The summed E-state index contributed by atoms with van der Waals surface area (Å²) in [6.45, 7) is 1.80. The molecule has 1 aliphatic heterocycles. The number of rotatable bonds is 5. The number of likely N-dealkylation sites (N-methyl/N-ethyl adjacent to an activating group) is 1. The molecule has 1 heterocycles. The molecule has 1 aliphatic rings.